The summed E-state index contributed by atoms with van der Waals surface area (Å²) in [5, 5.41) is 0. The van der Waals surface area contributed by atoms with E-state index >= 15 is 0 Å². The first-order chi connectivity index (χ1) is 7.55. The molecule has 98 valence electrons. The molecule has 0 saturated carbocycles. The fourth-order valence-corrected chi connectivity index (χ4v) is 2.09. The predicted octanol–water partition coefficient (Wildman–Crippen LogP) is 0.955. The molecule has 0 bridgehead atoms. The van der Waals surface area contributed by atoms with Crippen molar-refractivity contribution in [1.29, 1.82) is 0 Å². The number of hydrogen-bond donors (Lipinski definition) is 1. The highest BCUT2D eigenvalue weighted by atomic mass is 16.5. The Bertz CT molecular complexity index is 176. The van der Waals surface area contributed by atoms with Crippen molar-refractivity contribution in [3.05, 3.63) is 0 Å². The van der Waals surface area contributed by atoms with Crippen molar-refractivity contribution in [1.82, 2.24) is 4.90 Å². The van der Waals surface area contributed by atoms with Gasteiger partial charge in [0.1, 0.15) is 0 Å². The van der Waals surface area contributed by atoms with Gasteiger partial charge in [0.2, 0.25) is 0 Å². The lowest BCUT2D eigenvalue weighted by Crippen LogP contribution is -2.59. The van der Waals surface area contributed by atoms with Crippen molar-refractivity contribution in [3.63, 3.8) is 0 Å². The maximum atomic E-state index is 5.95. The van der Waals surface area contributed by atoms with Crippen LogP contribution in [0.5, 0.6) is 0 Å². The van der Waals surface area contributed by atoms with Crippen LogP contribution in [0.1, 0.15) is 20.3 Å². The second kappa shape index (κ2) is 8.01. The predicted molar refractivity (Wildman–Crippen MR) is 67.6 cm³/mol. The molecule has 0 aromatic rings. The lowest BCUT2D eigenvalue weighted by molar-refractivity contribution is -0.00432. The van der Waals surface area contributed by atoms with Gasteiger partial charge in [-0.1, -0.05) is 13.8 Å². The minimum Gasteiger partial charge on any atom is -0.385 e. The molecular formula is C12H28N2O2. The fraction of sp³-hybridized carbons (Fsp3) is 1.00. The van der Waals surface area contributed by atoms with Crippen LogP contribution in [0.3, 0.4) is 0 Å². The molecule has 0 heterocycles. The van der Waals surface area contributed by atoms with Gasteiger partial charge in [0.05, 0.1) is 12.1 Å². The molecule has 1 atom stereocenters. The van der Waals surface area contributed by atoms with Crippen molar-refractivity contribution < 1.29 is 9.47 Å². The summed E-state index contributed by atoms with van der Waals surface area (Å²) in [6, 6.07) is 0. The molecule has 0 aliphatic carbocycles. The number of rotatable bonds is 9. The highest BCUT2D eigenvalue weighted by Gasteiger charge is 2.36. The van der Waals surface area contributed by atoms with Crippen LogP contribution in [-0.2, 0) is 9.47 Å². The van der Waals surface area contributed by atoms with Crippen LogP contribution < -0.4 is 5.73 Å². The summed E-state index contributed by atoms with van der Waals surface area (Å²) in [6.07, 6.45) is 1.02. The number of nitrogens with zero attached hydrogens (tertiary/aromatic N) is 1. The summed E-state index contributed by atoms with van der Waals surface area (Å²) in [5.41, 5.74) is 5.88. The van der Waals surface area contributed by atoms with Crippen LogP contribution in [-0.4, -0.2) is 58.0 Å². The maximum absolute atomic E-state index is 5.95. The van der Waals surface area contributed by atoms with E-state index < -0.39 is 0 Å². The SMILES string of the molecule is COCCCN(C)C(CN)(COC)C(C)C. The zero-order chi connectivity index (χ0) is 12.6. The van der Waals surface area contributed by atoms with E-state index in [0.717, 1.165) is 19.6 Å². The lowest BCUT2D eigenvalue weighted by atomic mass is 9.85. The van der Waals surface area contributed by atoms with Gasteiger partial charge in [-0.3, -0.25) is 4.90 Å². The fourth-order valence-electron chi connectivity index (χ4n) is 2.09. The molecular weight excluding hydrogens is 204 g/mol. The van der Waals surface area contributed by atoms with Gasteiger partial charge in [-0.25, -0.2) is 0 Å². The molecule has 4 nitrogen and oxygen atoms in total. The summed E-state index contributed by atoms with van der Waals surface area (Å²) in [5.74, 6) is 0.463. The lowest BCUT2D eigenvalue weighted by Gasteiger charge is -2.44. The summed E-state index contributed by atoms with van der Waals surface area (Å²) < 4.78 is 10.4. The van der Waals surface area contributed by atoms with Crippen molar-refractivity contribution in [2.45, 2.75) is 25.8 Å². The first-order valence-corrected chi connectivity index (χ1v) is 5.94. The van der Waals surface area contributed by atoms with Crippen molar-refractivity contribution in [2.75, 3.05) is 47.6 Å². The van der Waals surface area contributed by atoms with Crippen LogP contribution in [0.15, 0.2) is 0 Å². The average Bonchev–Trinajstić information content (AvgIpc) is 2.25. The Kier molecular flexibility index (Phi) is 7.93. The van der Waals surface area contributed by atoms with Crippen LogP contribution >= 0.6 is 0 Å². The summed E-state index contributed by atoms with van der Waals surface area (Å²) in [4.78, 5) is 2.31. The Labute approximate surface area is 100 Å². The van der Waals surface area contributed by atoms with Gasteiger partial charge < -0.3 is 15.2 Å². The molecule has 4 heteroatoms. The van der Waals surface area contributed by atoms with Gasteiger partial charge >= 0.3 is 0 Å². The van der Waals surface area contributed by atoms with Crippen LogP contribution in [0.2, 0.25) is 0 Å². The van der Waals surface area contributed by atoms with Crippen LogP contribution in [0, 0.1) is 5.92 Å². The third-order valence-corrected chi connectivity index (χ3v) is 3.42. The molecule has 0 spiro atoms. The summed E-state index contributed by atoms with van der Waals surface area (Å²) in [6.45, 7) is 7.44. The first-order valence-electron chi connectivity index (χ1n) is 5.94. The maximum Gasteiger partial charge on any atom is 0.0661 e. The molecule has 1 unspecified atom stereocenters. The molecule has 0 aliphatic heterocycles. The van der Waals surface area contributed by atoms with Gasteiger partial charge in [0.15, 0.2) is 0 Å². The van der Waals surface area contributed by atoms with Gasteiger partial charge in [-0.2, -0.15) is 0 Å². The zero-order valence-electron chi connectivity index (χ0n) is 11.5. The second-order valence-corrected chi connectivity index (χ2v) is 4.66. The quantitative estimate of drug-likeness (QED) is 0.601. The monoisotopic (exact) mass is 232 g/mol. The largest absolute Gasteiger partial charge is 0.385 e. The number of methoxy groups -OCH3 is 2. The Morgan fingerprint density at radius 1 is 1.25 bits per heavy atom. The second-order valence-electron chi connectivity index (χ2n) is 4.66. The van der Waals surface area contributed by atoms with E-state index in [2.05, 4.69) is 25.8 Å². The third-order valence-electron chi connectivity index (χ3n) is 3.42. The summed E-state index contributed by atoms with van der Waals surface area (Å²) in [7, 11) is 5.57. The normalized spacial score (nSPS) is 15.8. The summed E-state index contributed by atoms with van der Waals surface area (Å²) >= 11 is 0. The topological polar surface area (TPSA) is 47.7 Å². The number of ether oxygens (including phenoxy) is 2. The van der Waals surface area contributed by atoms with Crippen LogP contribution in [0.25, 0.3) is 0 Å². The van der Waals surface area contributed by atoms with E-state index in [9.17, 15) is 0 Å². The van der Waals surface area contributed by atoms with E-state index in [-0.39, 0.29) is 5.54 Å². The molecule has 0 fully saturated rings. The Hall–Kier alpha value is -0.160. The van der Waals surface area contributed by atoms with E-state index in [1.54, 1.807) is 14.2 Å². The Morgan fingerprint density at radius 2 is 1.88 bits per heavy atom. The molecule has 0 aromatic carbocycles. The van der Waals surface area contributed by atoms with E-state index in [0.29, 0.717) is 19.1 Å². The minimum atomic E-state index is -0.0670. The molecule has 0 radical (unpaired) electrons. The van der Waals surface area contributed by atoms with Crippen molar-refractivity contribution in [3.8, 4) is 0 Å². The minimum absolute atomic E-state index is 0.0670. The first kappa shape index (κ1) is 15.8. The number of nitrogens with two attached hydrogens (primary N) is 1. The van der Waals surface area contributed by atoms with Gasteiger partial charge in [0.25, 0.3) is 0 Å². The molecule has 0 aromatic heterocycles. The van der Waals surface area contributed by atoms with E-state index in [4.69, 9.17) is 15.2 Å². The molecule has 0 amide bonds. The number of likely N-dealkylation sites (N-methyl/N-ethyl adjacent to an activating group) is 1. The van der Waals surface area contributed by atoms with Gasteiger partial charge in [0, 0.05) is 33.9 Å². The van der Waals surface area contributed by atoms with Gasteiger partial charge in [-0.05, 0) is 19.4 Å². The van der Waals surface area contributed by atoms with E-state index in [1.807, 2.05) is 0 Å². The molecule has 0 aliphatic rings. The molecule has 0 rings (SSSR count). The molecule has 2 N–H and O–H groups in total. The van der Waals surface area contributed by atoms with E-state index in [1.165, 1.54) is 0 Å². The highest BCUT2D eigenvalue weighted by molar-refractivity contribution is 4.93. The van der Waals surface area contributed by atoms with Crippen LogP contribution in [0.4, 0.5) is 0 Å². The third kappa shape index (κ3) is 4.01. The van der Waals surface area contributed by atoms with Crippen molar-refractivity contribution >= 4 is 0 Å². The smallest absolute Gasteiger partial charge is 0.0661 e. The van der Waals surface area contributed by atoms with Crippen molar-refractivity contribution in [2.24, 2.45) is 11.7 Å². The average molecular weight is 232 g/mol. The molecule has 0 saturated heterocycles. The number of hydrogen-bond acceptors (Lipinski definition) is 4. The standard InChI is InChI=1S/C12H28N2O2/c1-11(2)12(9-13,10-16-5)14(3)7-6-8-15-4/h11H,6-10,13H2,1-5H3. The zero-order valence-corrected chi connectivity index (χ0v) is 11.5. The Morgan fingerprint density at radius 3 is 2.25 bits per heavy atom. The molecule has 16 heavy (non-hydrogen) atoms. The van der Waals surface area contributed by atoms with Gasteiger partial charge in [-0.15, -0.1) is 0 Å². The Balaban J connectivity index is 4.47. The highest BCUT2D eigenvalue weighted by Crippen LogP contribution is 2.23.